The molecular weight excluding hydrogens is 316 g/mol. The molecule has 2 aromatic rings. The summed E-state index contributed by atoms with van der Waals surface area (Å²) in [6, 6.07) is 4.54. The number of hydrogen-bond acceptors (Lipinski definition) is 3. The second-order valence-electron chi connectivity index (χ2n) is 4.71. The first-order valence-corrected chi connectivity index (χ1v) is 7.27. The van der Waals surface area contributed by atoms with Gasteiger partial charge in [-0.05, 0) is 52.5 Å². The molecule has 0 amide bonds. The molecular formula is C12H14BrClN4. The number of hydrogen-bond donors (Lipinski definition) is 0. The van der Waals surface area contributed by atoms with Crippen molar-refractivity contribution in [1.82, 2.24) is 14.6 Å². The normalized spacial score (nSPS) is 16.6. The van der Waals surface area contributed by atoms with E-state index < -0.39 is 0 Å². The van der Waals surface area contributed by atoms with Crippen molar-refractivity contribution in [1.29, 1.82) is 0 Å². The largest absolute Gasteiger partial charge is 0.355 e. The molecule has 0 aromatic carbocycles. The summed E-state index contributed by atoms with van der Waals surface area (Å²) in [4.78, 5) is 6.64. The second-order valence-corrected chi connectivity index (χ2v) is 5.86. The summed E-state index contributed by atoms with van der Waals surface area (Å²) in [5.41, 5.74) is 0.987. The topological polar surface area (TPSA) is 33.4 Å². The van der Waals surface area contributed by atoms with Gasteiger partial charge in [0, 0.05) is 13.1 Å². The van der Waals surface area contributed by atoms with Crippen LogP contribution in [0.15, 0.2) is 16.7 Å². The summed E-state index contributed by atoms with van der Waals surface area (Å²) in [7, 11) is 2.09. The number of anilines is 1. The summed E-state index contributed by atoms with van der Waals surface area (Å²) in [6.45, 7) is 0. The standard InChI is InChI=1S/C12H14BrClN4/c1-17(8-4-2-3-5-8)11-9-6-7-10(13)18(9)16-12(14)15-11/h6-8H,2-5H2,1H3. The molecule has 0 N–H and O–H groups in total. The van der Waals surface area contributed by atoms with Gasteiger partial charge in [-0.15, -0.1) is 5.10 Å². The molecule has 6 heteroatoms. The first-order chi connectivity index (χ1) is 8.66. The molecule has 0 atom stereocenters. The zero-order chi connectivity index (χ0) is 12.7. The Hall–Kier alpha value is -0.810. The summed E-state index contributed by atoms with van der Waals surface area (Å²) < 4.78 is 2.68. The minimum absolute atomic E-state index is 0.277. The first kappa shape index (κ1) is 12.2. The van der Waals surface area contributed by atoms with Gasteiger partial charge in [0.2, 0.25) is 5.28 Å². The highest BCUT2D eigenvalue weighted by Crippen LogP contribution is 2.30. The molecule has 1 aliphatic rings. The fraction of sp³-hybridized carbons (Fsp3) is 0.500. The van der Waals surface area contributed by atoms with Crippen LogP contribution in [0.5, 0.6) is 0 Å². The Morgan fingerprint density at radius 1 is 1.39 bits per heavy atom. The van der Waals surface area contributed by atoms with E-state index >= 15 is 0 Å². The molecule has 0 radical (unpaired) electrons. The molecule has 1 aliphatic carbocycles. The van der Waals surface area contributed by atoms with E-state index in [0.29, 0.717) is 6.04 Å². The lowest BCUT2D eigenvalue weighted by molar-refractivity contribution is 0.644. The Balaban J connectivity index is 2.09. The molecule has 0 saturated heterocycles. The molecule has 1 fully saturated rings. The summed E-state index contributed by atoms with van der Waals surface area (Å²) in [5.74, 6) is 0.910. The van der Waals surface area contributed by atoms with Crippen molar-refractivity contribution >= 4 is 38.9 Å². The van der Waals surface area contributed by atoms with Crippen LogP contribution < -0.4 is 4.90 Å². The minimum atomic E-state index is 0.277. The molecule has 3 rings (SSSR count). The van der Waals surface area contributed by atoms with E-state index in [-0.39, 0.29) is 5.28 Å². The van der Waals surface area contributed by atoms with Crippen molar-refractivity contribution in [3.05, 3.63) is 22.0 Å². The van der Waals surface area contributed by atoms with Gasteiger partial charge in [-0.1, -0.05) is 12.8 Å². The van der Waals surface area contributed by atoms with E-state index in [1.165, 1.54) is 25.7 Å². The van der Waals surface area contributed by atoms with E-state index in [4.69, 9.17) is 11.6 Å². The molecule has 2 heterocycles. The number of aromatic nitrogens is 3. The van der Waals surface area contributed by atoms with E-state index in [2.05, 4.69) is 38.0 Å². The van der Waals surface area contributed by atoms with Crippen molar-refractivity contribution in [2.75, 3.05) is 11.9 Å². The lowest BCUT2D eigenvalue weighted by Crippen LogP contribution is -2.30. The predicted octanol–water partition coefficient (Wildman–Crippen LogP) is 3.52. The SMILES string of the molecule is CN(c1nc(Cl)nn2c(Br)ccc12)C1CCCC1. The molecule has 96 valence electrons. The zero-order valence-corrected chi connectivity index (χ0v) is 12.4. The van der Waals surface area contributed by atoms with Crippen LogP contribution in [0.25, 0.3) is 5.52 Å². The van der Waals surface area contributed by atoms with Crippen molar-refractivity contribution in [3.8, 4) is 0 Å². The monoisotopic (exact) mass is 328 g/mol. The van der Waals surface area contributed by atoms with Gasteiger partial charge in [0.05, 0.1) is 0 Å². The Bertz CT molecular complexity index is 577. The van der Waals surface area contributed by atoms with Crippen LogP contribution in [0.1, 0.15) is 25.7 Å². The van der Waals surface area contributed by atoms with E-state index in [1.54, 1.807) is 4.52 Å². The average molecular weight is 330 g/mol. The quantitative estimate of drug-likeness (QED) is 0.845. The molecule has 4 nitrogen and oxygen atoms in total. The maximum atomic E-state index is 6.01. The van der Waals surface area contributed by atoms with Crippen molar-refractivity contribution in [2.45, 2.75) is 31.7 Å². The van der Waals surface area contributed by atoms with Gasteiger partial charge in [0.1, 0.15) is 10.1 Å². The highest BCUT2D eigenvalue weighted by Gasteiger charge is 2.23. The van der Waals surface area contributed by atoms with Gasteiger partial charge >= 0.3 is 0 Å². The summed E-state index contributed by atoms with van der Waals surface area (Å²) in [5, 5.41) is 4.48. The molecule has 0 spiro atoms. The van der Waals surface area contributed by atoms with Crippen LogP contribution in [0, 0.1) is 0 Å². The fourth-order valence-electron chi connectivity index (χ4n) is 2.65. The zero-order valence-electron chi connectivity index (χ0n) is 10.1. The number of rotatable bonds is 2. The van der Waals surface area contributed by atoms with Crippen molar-refractivity contribution < 1.29 is 0 Å². The molecule has 0 aliphatic heterocycles. The Morgan fingerprint density at radius 3 is 2.83 bits per heavy atom. The Morgan fingerprint density at radius 2 is 2.11 bits per heavy atom. The van der Waals surface area contributed by atoms with E-state index in [1.807, 2.05) is 12.1 Å². The maximum Gasteiger partial charge on any atom is 0.243 e. The highest BCUT2D eigenvalue weighted by atomic mass is 79.9. The number of halogens is 2. The van der Waals surface area contributed by atoms with Crippen molar-refractivity contribution in [2.24, 2.45) is 0 Å². The van der Waals surface area contributed by atoms with E-state index in [0.717, 1.165) is 15.9 Å². The van der Waals surface area contributed by atoms with Crippen LogP contribution >= 0.6 is 27.5 Å². The summed E-state index contributed by atoms with van der Waals surface area (Å²) in [6.07, 6.45) is 5.06. The van der Waals surface area contributed by atoms with Crippen LogP contribution in [0.3, 0.4) is 0 Å². The van der Waals surface area contributed by atoms with Gasteiger partial charge < -0.3 is 4.90 Å². The van der Waals surface area contributed by atoms with E-state index in [9.17, 15) is 0 Å². The summed E-state index contributed by atoms with van der Waals surface area (Å²) >= 11 is 9.48. The third kappa shape index (κ3) is 1.99. The Kier molecular flexibility index (Phi) is 3.20. The van der Waals surface area contributed by atoms with Gasteiger partial charge in [-0.3, -0.25) is 0 Å². The van der Waals surface area contributed by atoms with Gasteiger partial charge in [0.25, 0.3) is 0 Å². The third-order valence-electron chi connectivity index (χ3n) is 3.63. The number of fused-ring (bicyclic) bond motifs is 1. The average Bonchev–Trinajstić information content (AvgIpc) is 2.98. The lowest BCUT2D eigenvalue weighted by atomic mass is 10.2. The van der Waals surface area contributed by atoms with Crippen LogP contribution in [-0.4, -0.2) is 27.7 Å². The first-order valence-electron chi connectivity index (χ1n) is 6.10. The van der Waals surface area contributed by atoms with Crippen LogP contribution in [0.2, 0.25) is 5.28 Å². The maximum absolute atomic E-state index is 6.01. The molecule has 2 aromatic heterocycles. The van der Waals surface area contributed by atoms with Crippen LogP contribution in [-0.2, 0) is 0 Å². The molecule has 0 bridgehead atoms. The highest BCUT2D eigenvalue weighted by molar-refractivity contribution is 9.10. The third-order valence-corrected chi connectivity index (χ3v) is 4.39. The molecule has 1 saturated carbocycles. The predicted molar refractivity (Wildman–Crippen MR) is 76.4 cm³/mol. The molecule has 18 heavy (non-hydrogen) atoms. The fourth-order valence-corrected chi connectivity index (χ4v) is 3.21. The Labute approximate surface area is 119 Å². The van der Waals surface area contributed by atoms with Gasteiger partial charge in [-0.2, -0.15) is 4.98 Å². The van der Waals surface area contributed by atoms with Crippen molar-refractivity contribution in [3.63, 3.8) is 0 Å². The van der Waals surface area contributed by atoms with Gasteiger partial charge in [0.15, 0.2) is 5.82 Å². The second kappa shape index (κ2) is 4.70. The lowest BCUT2D eigenvalue weighted by Gasteiger charge is -2.25. The van der Waals surface area contributed by atoms with Crippen LogP contribution in [0.4, 0.5) is 5.82 Å². The smallest absolute Gasteiger partial charge is 0.243 e. The minimum Gasteiger partial charge on any atom is -0.355 e. The van der Waals surface area contributed by atoms with Gasteiger partial charge in [-0.25, -0.2) is 4.52 Å². The molecule has 0 unspecified atom stereocenters. The number of nitrogens with zero attached hydrogens (tertiary/aromatic N) is 4.